The van der Waals surface area contributed by atoms with Gasteiger partial charge in [-0.3, -0.25) is 4.99 Å². The first-order valence-corrected chi connectivity index (χ1v) is 15.9. The van der Waals surface area contributed by atoms with Crippen LogP contribution in [0.1, 0.15) is 67.7 Å². The zero-order chi connectivity index (χ0) is 34.0. The molecule has 0 saturated carbocycles. The zero-order valence-corrected chi connectivity index (χ0v) is 28.3. The Morgan fingerprint density at radius 3 is 1.76 bits per heavy atom. The Labute approximate surface area is 272 Å². The van der Waals surface area contributed by atoms with Crippen LogP contribution in [0.3, 0.4) is 0 Å². The minimum Gasteiger partial charge on any atom is -0.478 e. The van der Waals surface area contributed by atoms with E-state index in [0.717, 1.165) is 18.6 Å². The predicted molar refractivity (Wildman–Crippen MR) is 191 cm³/mol. The zero-order valence-electron chi connectivity index (χ0n) is 28.3. The maximum atomic E-state index is 10.7. The van der Waals surface area contributed by atoms with Crippen molar-refractivity contribution in [3.63, 3.8) is 0 Å². The van der Waals surface area contributed by atoms with Crippen molar-refractivity contribution in [1.29, 1.82) is 0 Å². The summed E-state index contributed by atoms with van der Waals surface area (Å²) in [6.07, 6.45) is 35.8. The molecule has 0 fully saturated rings. The molecule has 0 amide bonds. The van der Waals surface area contributed by atoms with Crippen LogP contribution in [0.5, 0.6) is 0 Å². The van der Waals surface area contributed by atoms with E-state index in [-0.39, 0.29) is 29.4 Å². The average Bonchev–Trinajstić information content (AvgIpc) is 3.00. The van der Waals surface area contributed by atoms with Crippen molar-refractivity contribution in [3.05, 3.63) is 121 Å². The van der Waals surface area contributed by atoms with Gasteiger partial charge in [0.15, 0.2) is 0 Å². The highest BCUT2D eigenvalue weighted by Gasteiger charge is 2.24. The first kappa shape index (κ1) is 41.4. The molecule has 0 aromatic heterocycles. The van der Waals surface area contributed by atoms with Crippen molar-refractivity contribution >= 4 is 11.7 Å². The van der Waals surface area contributed by atoms with Gasteiger partial charge in [0.1, 0.15) is 0 Å². The van der Waals surface area contributed by atoms with Crippen LogP contribution in [0.4, 0.5) is 0 Å². The summed E-state index contributed by atoms with van der Waals surface area (Å²) in [5, 5.41) is 40.2. The predicted octanol–water partition coefficient (Wildman–Crippen LogP) is 8.05. The second kappa shape index (κ2) is 25.7. The van der Waals surface area contributed by atoms with Gasteiger partial charge >= 0.3 is 5.97 Å². The quantitative estimate of drug-likeness (QED) is 0.0342. The van der Waals surface area contributed by atoms with Gasteiger partial charge in [-0.15, -0.1) is 0 Å². The molecular formula is C39H57NO5. The molecule has 4 N–H and O–H groups in total. The Morgan fingerprint density at radius 1 is 0.667 bits per heavy atom. The molecule has 6 heteroatoms. The summed E-state index contributed by atoms with van der Waals surface area (Å²) < 4.78 is 0. The van der Waals surface area contributed by atoms with E-state index in [1.54, 1.807) is 37.3 Å². The summed E-state index contributed by atoms with van der Waals surface area (Å²) in [4.78, 5) is 15.2. The molecule has 0 radical (unpaired) electrons. The molecule has 0 spiro atoms. The van der Waals surface area contributed by atoms with E-state index in [1.807, 2.05) is 127 Å². The van der Waals surface area contributed by atoms with Gasteiger partial charge in [0.05, 0.1) is 18.3 Å². The first-order valence-electron chi connectivity index (χ1n) is 15.9. The number of aliphatic hydroxyl groups excluding tert-OH is 3. The van der Waals surface area contributed by atoms with Gasteiger partial charge in [-0.25, -0.2) is 4.79 Å². The number of carbonyl (C=O) groups is 1. The Bertz CT molecular complexity index is 1160. The van der Waals surface area contributed by atoms with Crippen molar-refractivity contribution in [1.82, 2.24) is 0 Å². The number of unbranched alkanes of at least 4 members (excludes halogenated alkanes) is 1. The van der Waals surface area contributed by atoms with E-state index in [2.05, 4.69) is 4.99 Å². The van der Waals surface area contributed by atoms with Crippen molar-refractivity contribution in [3.8, 4) is 0 Å². The van der Waals surface area contributed by atoms with E-state index in [0.29, 0.717) is 6.42 Å². The first-order chi connectivity index (χ1) is 21.4. The summed E-state index contributed by atoms with van der Waals surface area (Å²) >= 11 is 0. The number of hydrogen-bond donors (Lipinski definition) is 4. The highest BCUT2D eigenvalue weighted by Crippen LogP contribution is 2.19. The monoisotopic (exact) mass is 619 g/mol. The van der Waals surface area contributed by atoms with Crippen LogP contribution >= 0.6 is 0 Å². The molecule has 0 aliphatic rings. The van der Waals surface area contributed by atoms with Crippen molar-refractivity contribution in [2.24, 2.45) is 22.7 Å². The lowest BCUT2D eigenvalue weighted by molar-refractivity contribution is -0.132. The van der Waals surface area contributed by atoms with Crippen molar-refractivity contribution < 1.29 is 25.2 Å². The van der Waals surface area contributed by atoms with Crippen LogP contribution in [-0.2, 0) is 4.79 Å². The molecule has 6 unspecified atom stereocenters. The summed E-state index contributed by atoms with van der Waals surface area (Å²) in [7, 11) is 0. The highest BCUT2D eigenvalue weighted by molar-refractivity contribution is 5.86. The minimum absolute atomic E-state index is 0.0336. The van der Waals surface area contributed by atoms with Gasteiger partial charge in [0, 0.05) is 35.1 Å². The number of carboxylic acids is 1. The van der Waals surface area contributed by atoms with Crippen LogP contribution < -0.4 is 0 Å². The van der Waals surface area contributed by atoms with Crippen LogP contribution in [0.15, 0.2) is 126 Å². The number of carboxylic acid groups (broad SMARTS) is 1. The third-order valence-electron chi connectivity index (χ3n) is 7.12. The topological polar surface area (TPSA) is 110 Å². The lowest BCUT2D eigenvalue weighted by atomic mass is 9.88. The van der Waals surface area contributed by atoms with E-state index in [1.165, 1.54) is 0 Å². The number of allylic oxidation sites excluding steroid dienone is 16. The smallest absolute Gasteiger partial charge is 0.331 e. The molecule has 0 rings (SSSR count). The molecule has 6 atom stereocenters. The second-order valence-corrected chi connectivity index (χ2v) is 11.5. The fraction of sp³-hybridized carbons (Fsp3) is 0.436. The SMILES string of the molecule is CC(=CC=CC=CCCC=CC(C)C(O)C(C)C(O)C=CC=CC=CC=CC=CC=CCC(O)C(C)C(C)=NC(C)C)C(=O)O. The molecular weight excluding hydrogens is 562 g/mol. The number of rotatable bonds is 21. The standard InChI is InChI=1S/C39H57NO5/c1-30(2)40-35(7)33(5)36(41)28-24-20-16-11-9-8-10-12-17-21-25-29-37(42)34(6)38(43)31(3)26-22-18-14-13-15-19-23-27-32(4)39(44)45/h8-13,15-17,19-27,29-31,33-34,36-38,41-43H,14,18,28H2,1-7H3,(H,44,45). The average molecular weight is 620 g/mol. The van der Waals surface area contributed by atoms with Gasteiger partial charge in [-0.1, -0.05) is 136 Å². The van der Waals surface area contributed by atoms with Crippen LogP contribution in [0.25, 0.3) is 0 Å². The summed E-state index contributed by atoms with van der Waals surface area (Å²) in [6.45, 7) is 13.4. The fourth-order valence-electron chi connectivity index (χ4n) is 3.98. The molecule has 6 nitrogen and oxygen atoms in total. The van der Waals surface area contributed by atoms with E-state index in [9.17, 15) is 20.1 Å². The lowest BCUT2D eigenvalue weighted by Gasteiger charge is -2.25. The molecule has 0 saturated heterocycles. The number of aliphatic hydroxyl groups is 3. The van der Waals surface area contributed by atoms with Gasteiger partial charge in [-0.2, -0.15) is 0 Å². The summed E-state index contributed by atoms with van der Waals surface area (Å²) in [6, 6.07) is 0.236. The van der Waals surface area contributed by atoms with E-state index < -0.39 is 24.3 Å². The molecule has 248 valence electrons. The normalized spacial score (nSPS) is 18.5. The minimum atomic E-state index is -0.926. The van der Waals surface area contributed by atoms with Crippen molar-refractivity contribution in [2.75, 3.05) is 0 Å². The number of aliphatic carboxylic acids is 1. The van der Waals surface area contributed by atoms with Crippen LogP contribution in [0.2, 0.25) is 0 Å². The van der Waals surface area contributed by atoms with Crippen LogP contribution in [-0.4, -0.2) is 56.5 Å². The van der Waals surface area contributed by atoms with E-state index in [4.69, 9.17) is 5.11 Å². The largest absolute Gasteiger partial charge is 0.478 e. The number of nitrogens with zero attached hydrogens (tertiary/aromatic N) is 1. The highest BCUT2D eigenvalue weighted by atomic mass is 16.4. The Kier molecular flexibility index (Phi) is 23.7. The second-order valence-electron chi connectivity index (χ2n) is 11.5. The Balaban J connectivity index is 4.42. The third-order valence-corrected chi connectivity index (χ3v) is 7.12. The number of aliphatic imine (C=N–C) groups is 1. The summed E-state index contributed by atoms with van der Waals surface area (Å²) in [5.41, 5.74) is 1.27. The summed E-state index contributed by atoms with van der Waals surface area (Å²) in [5.74, 6) is -1.31. The molecule has 0 aliphatic heterocycles. The van der Waals surface area contributed by atoms with Gasteiger partial charge in [-0.05, 0) is 47.0 Å². The third kappa shape index (κ3) is 21.7. The molecule has 0 aliphatic carbocycles. The molecule has 0 aromatic carbocycles. The fourth-order valence-corrected chi connectivity index (χ4v) is 3.98. The number of hydrogen-bond acceptors (Lipinski definition) is 5. The molecule has 0 bridgehead atoms. The lowest BCUT2D eigenvalue weighted by Crippen LogP contribution is -2.32. The molecule has 0 heterocycles. The van der Waals surface area contributed by atoms with Crippen LogP contribution in [0, 0.1) is 17.8 Å². The molecule has 0 aromatic rings. The van der Waals surface area contributed by atoms with Gasteiger partial charge in [0.25, 0.3) is 0 Å². The molecule has 45 heavy (non-hydrogen) atoms. The Hall–Kier alpha value is -3.58. The van der Waals surface area contributed by atoms with Gasteiger partial charge < -0.3 is 20.4 Å². The van der Waals surface area contributed by atoms with Gasteiger partial charge in [0.2, 0.25) is 0 Å². The maximum absolute atomic E-state index is 10.7. The van der Waals surface area contributed by atoms with Crippen molar-refractivity contribution in [2.45, 2.75) is 92.1 Å². The maximum Gasteiger partial charge on any atom is 0.331 e. The van der Waals surface area contributed by atoms with E-state index >= 15 is 0 Å². The Morgan fingerprint density at radius 2 is 1.18 bits per heavy atom.